The largest absolute Gasteiger partial charge is 0.350 e. The van der Waals surface area contributed by atoms with Crippen LogP contribution in [-0.2, 0) is 11.2 Å². The molecule has 0 radical (unpaired) electrons. The van der Waals surface area contributed by atoms with Gasteiger partial charge in [-0.05, 0) is 60.2 Å². The summed E-state index contributed by atoms with van der Waals surface area (Å²) in [5.74, 6) is 0.626. The molecule has 1 aromatic rings. The molecule has 3 N–H and O–H groups in total. The number of nitrogens with one attached hydrogen (secondary N) is 1. The molecule has 0 bridgehead atoms. The summed E-state index contributed by atoms with van der Waals surface area (Å²) >= 11 is 5.18. The summed E-state index contributed by atoms with van der Waals surface area (Å²) in [5.41, 5.74) is 5.53. The maximum Gasteiger partial charge on any atom is 0.220 e. The molecule has 0 saturated carbocycles. The van der Waals surface area contributed by atoms with Crippen LogP contribution in [0.2, 0.25) is 0 Å². The van der Waals surface area contributed by atoms with E-state index in [9.17, 15) is 4.79 Å². The molecule has 122 valence electrons. The molecule has 0 fully saturated rings. The molecule has 0 aliphatic rings. The smallest absolute Gasteiger partial charge is 0.220 e. The van der Waals surface area contributed by atoms with E-state index in [1.54, 1.807) is 11.3 Å². The van der Waals surface area contributed by atoms with Gasteiger partial charge in [-0.1, -0.05) is 13.8 Å². The van der Waals surface area contributed by atoms with Gasteiger partial charge in [0.25, 0.3) is 0 Å². The second-order valence-electron chi connectivity index (χ2n) is 5.97. The molecule has 1 amide bonds. The molecular formula is C15H26BrClN2OS. The molecule has 1 heterocycles. The number of carbonyl (C=O) groups is 1. The first-order valence-electron chi connectivity index (χ1n) is 7.10. The van der Waals surface area contributed by atoms with Gasteiger partial charge < -0.3 is 11.1 Å². The molecule has 0 aromatic carbocycles. The third-order valence-corrected chi connectivity index (χ3v) is 4.89. The summed E-state index contributed by atoms with van der Waals surface area (Å²) < 4.78 is 1.14. The summed E-state index contributed by atoms with van der Waals surface area (Å²) in [5, 5.41) is 3.10. The van der Waals surface area contributed by atoms with Crippen LogP contribution in [0.25, 0.3) is 0 Å². The lowest BCUT2D eigenvalue weighted by molar-refractivity contribution is -0.123. The number of rotatable bonds is 8. The van der Waals surface area contributed by atoms with Crippen molar-refractivity contribution in [3.8, 4) is 0 Å². The van der Waals surface area contributed by atoms with E-state index in [0.29, 0.717) is 18.9 Å². The van der Waals surface area contributed by atoms with Gasteiger partial charge in [-0.15, -0.1) is 23.7 Å². The van der Waals surface area contributed by atoms with E-state index in [2.05, 4.69) is 41.2 Å². The molecule has 0 saturated heterocycles. The minimum atomic E-state index is -0.281. The molecule has 0 aliphatic carbocycles. The SMILES string of the molecule is CC(C)CC(C)(CN)NC(=O)CCCc1ccc(Br)s1.Cl. The van der Waals surface area contributed by atoms with E-state index in [4.69, 9.17) is 5.73 Å². The zero-order valence-corrected chi connectivity index (χ0v) is 16.2. The fourth-order valence-electron chi connectivity index (χ4n) is 2.39. The van der Waals surface area contributed by atoms with E-state index in [1.165, 1.54) is 4.88 Å². The molecule has 0 aliphatic heterocycles. The highest BCUT2D eigenvalue weighted by Crippen LogP contribution is 2.23. The Morgan fingerprint density at radius 2 is 2.14 bits per heavy atom. The molecule has 1 aromatic heterocycles. The summed E-state index contributed by atoms with van der Waals surface area (Å²) in [6, 6.07) is 4.16. The van der Waals surface area contributed by atoms with Crippen LogP contribution in [0.4, 0.5) is 0 Å². The predicted octanol–water partition coefficient (Wildman–Crippen LogP) is 4.13. The van der Waals surface area contributed by atoms with Crippen molar-refractivity contribution in [2.45, 2.75) is 52.0 Å². The third kappa shape index (κ3) is 8.19. The van der Waals surface area contributed by atoms with Gasteiger partial charge in [-0.25, -0.2) is 0 Å². The molecule has 1 rings (SSSR count). The highest BCUT2D eigenvalue weighted by molar-refractivity contribution is 9.11. The Morgan fingerprint density at radius 1 is 1.48 bits per heavy atom. The first-order chi connectivity index (χ1) is 9.34. The maximum atomic E-state index is 12.0. The van der Waals surface area contributed by atoms with Gasteiger partial charge in [0.2, 0.25) is 5.91 Å². The molecule has 0 spiro atoms. The van der Waals surface area contributed by atoms with Crippen molar-refractivity contribution in [3.05, 3.63) is 20.8 Å². The van der Waals surface area contributed by atoms with Gasteiger partial charge in [0, 0.05) is 23.4 Å². The summed E-state index contributed by atoms with van der Waals surface area (Å²) in [6.07, 6.45) is 3.30. The van der Waals surface area contributed by atoms with Crippen molar-refractivity contribution in [2.24, 2.45) is 11.7 Å². The van der Waals surface area contributed by atoms with Crippen LogP contribution in [0.3, 0.4) is 0 Å². The lowest BCUT2D eigenvalue weighted by atomic mass is 9.90. The Hall–Kier alpha value is -0.100. The van der Waals surface area contributed by atoms with E-state index >= 15 is 0 Å². The molecule has 1 atom stereocenters. The van der Waals surface area contributed by atoms with Gasteiger partial charge in [0.15, 0.2) is 0 Å². The van der Waals surface area contributed by atoms with E-state index < -0.39 is 0 Å². The number of halogens is 2. The standard InChI is InChI=1S/C15H25BrN2OS.ClH/c1-11(2)9-15(3,10-17)18-14(19)6-4-5-12-7-8-13(16)20-12;/h7-8,11H,4-6,9-10,17H2,1-3H3,(H,18,19);1H. The van der Waals surface area contributed by atoms with Gasteiger partial charge in [-0.2, -0.15) is 0 Å². The molecule has 21 heavy (non-hydrogen) atoms. The number of nitrogens with two attached hydrogens (primary N) is 1. The van der Waals surface area contributed by atoms with Gasteiger partial charge in [0.1, 0.15) is 0 Å². The number of amides is 1. The Bertz CT molecular complexity index is 439. The highest BCUT2D eigenvalue weighted by Gasteiger charge is 2.25. The zero-order chi connectivity index (χ0) is 15.2. The van der Waals surface area contributed by atoms with Crippen molar-refractivity contribution in [1.82, 2.24) is 5.32 Å². The number of thiophene rings is 1. The van der Waals surface area contributed by atoms with Crippen LogP contribution in [0.5, 0.6) is 0 Å². The number of hydrogen-bond acceptors (Lipinski definition) is 3. The van der Waals surface area contributed by atoms with E-state index in [1.807, 2.05) is 13.0 Å². The molecule has 3 nitrogen and oxygen atoms in total. The fourth-order valence-corrected chi connectivity index (χ4v) is 3.92. The average Bonchev–Trinajstić information content (AvgIpc) is 2.74. The van der Waals surface area contributed by atoms with Gasteiger partial charge >= 0.3 is 0 Å². The van der Waals surface area contributed by atoms with Crippen molar-refractivity contribution < 1.29 is 4.79 Å². The Kier molecular flexibility index (Phi) is 9.78. The van der Waals surface area contributed by atoms with Crippen molar-refractivity contribution in [1.29, 1.82) is 0 Å². The minimum absolute atomic E-state index is 0. The summed E-state index contributed by atoms with van der Waals surface area (Å²) in [6.45, 7) is 6.81. The second-order valence-corrected chi connectivity index (χ2v) is 8.52. The predicted molar refractivity (Wildman–Crippen MR) is 97.3 cm³/mol. The van der Waals surface area contributed by atoms with E-state index in [-0.39, 0.29) is 23.9 Å². The number of hydrogen-bond donors (Lipinski definition) is 2. The first kappa shape index (κ1) is 20.9. The number of carbonyl (C=O) groups excluding carboxylic acids is 1. The first-order valence-corrected chi connectivity index (χ1v) is 8.71. The quantitative estimate of drug-likeness (QED) is 0.692. The minimum Gasteiger partial charge on any atom is -0.350 e. The monoisotopic (exact) mass is 396 g/mol. The topological polar surface area (TPSA) is 55.1 Å². The lowest BCUT2D eigenvalue weighted by Gasteiger charge is -2.31. The summed E-state index contributed by atoms with van der Waals surface area (Å²) in [4.78, 5) is 13.3. The lowest BCUT2D eigenvalue weighted by Crippen LogP contribution is -2.52. The van der Waals surface area contributed by atoms with Crippen LogP contribution in [0, 0.1) is 5.92 Å². The molecule has 1 unspecified atom stereocenters. The van der Waals surface area contributed by atoms with Crippen molar-refractivity contribution >= 4 is 45.6 Å². The van der Waals surface area contributed by atoms with Crippen LogP contribution in [-0.4, -0.2) is 18.0 Å². The number of aryl methyl sites for hydroxylation is 1. The summed E-state index contributed by atoms with van der Waals surface area (Å²) in [7, 11) is 0. The van der Waals surface area contributed by atoms with Crippen LogP contribution >= 0.6 is 39.7 Å². The Balaban J connectivity index is 0.00000400. The van der Waals surface area contributed by atoms with Crippen LogP contribution in [0.1, 0.15) is 44.9 Å². The Labute approximate surface area is 146 Å². The average molecular weight is 398 g/mol. The van der Waals surface area contributed by atoms with Gasteiger partial charge in [0.05, 0.1) is 3.79 Å². The Morgan fingerprint density at radius 3 is 2.62 bits per heavy atom. The normalized spacial score (nSPS) is 13.6. The maximum absolute atomic E-state index is 12.0. The highest BCUT2D eigenvalue weighted by atomic mass is 79.9. The fraction of sp³-hybridized carbons (Fsp3) is 0.667. The molecular weight excluding hydrogens is 372 g/mol. The second kappa shape index (κ2) is 9.82. The van der Waals surface area contributed by atoms with E-state index in [0.717, 1.165) is 23.0 Å². The van der Waals surface area contributed by atoms with Crippen LogP contribution in [0.15, 0.2) is 15.9 Å². The van der Waals surface area contributed by atoms with Crippen molar-refractivity contribution in [3.63, 3.8) is 0 Å². The zero-order valence-electron chi connectivity index (χ0n) is 12.9. The third-order valence-electron chi connectivity index (χ3n) is 3.21. The molecule has 6 heteroatoms. The van der Waals surface area contributed by atoms with Gasteiger partial charge in [-0.3, -0.25) is 4.79 Å². The van der Waals surface area contributed by atoms with Crippen molar-refractivity contribution in [2.75, 3.05) is 6.54 Å². The van der Waals surface area contributed by atoms with Crippen LogP contribution < -0.4 is 11.1 Å².